The molecule has 6 atom stereocenters. The summed E-state index contributed by atoms with van der Waals surface area (Å²) in [5.74, 6) is -1.77. The van der Waals surface area contributed by atoms with Crippen LogP contribution in [0.25, 0.3) is 0 Å². The molecule has 0 bridgehead atoms. The lowest BCUT2D eigenvalue weighted by molar-refractivity contribution is -0.493. The first-order valence-corrected chi connectivity index (χ1v) is 11.4. The minimum Gasteiger partial charge on any atom is -0.340 e. The molecule has 2 spiro atoms. The molecule has 2 aromatic rings. The Bertz CT molecular complexity index is 769. The van der Waals surface area contributed by atoms with E-state index in [9.17, 15) is 0 Å². The quantitative estimate of drug-likeness (QED) is 0.603. The van der Waals surface area contributed by atoms with Crippen LogP contribution in [0.4, 0.5) is 0 Å². The molecule has 0 saturated carbocycles. The van der Waals surface area contributed by atoms with E-state index in [1.807, 2.05) is 12.1 Å². The zero-order chi connectivity index (χ0) is 20.6. The Hall–Kier alpha value is -1.72. The van der Waals surface area contributed by atoms with Crippen LogP contribution in [0.5, 0.6) is 0 Å². The van der Waals surface area contributed by atoms with Gasteiger partial charge in [-0.3, -0.25) is 0 Å². The zero-order valence-corrected chi connectivity index (χ0v) is 18.0. The summed E-state index contributed by atoms with van der Waals surface area (Å²) >= 11 is 0. The summed E-state index contributed by atoms with van der Waals surface area (Å²) in [4.78, 5) is 0. The van der Waals surface area contributed by atoms with Crippen molar-refractivity contribution in [1.82, 2.24) is 0 Å². The van der Waals surface area contributed by atoms with Crippen molar-refractivity contribution < 1.29 is 18.9 Å². The van der Waals surface area contributed by atoms with Crippen molar-refractivity contribution in [2.75, 3.05) is 0 Å². The van der Waals surface area contributed by atoms with Crippen molar-refractivity contribution in [3.05, 3.63) is 71.8 Å². The van der Waals surface area contributed by atoms with E-state index >= 15 is 0 Å². The van der Waals surface area contributed by atoms with Gasteiger partial charge in [0.2, 0.25) is 11.6 Å². The Kier molecular flexibility index (Phi) is 5.44. The van der Waals surface area contributed by atoms with Crippen LogP contribution in [0.15, 0.2) is 60.7 Å². The summed E-state index contributed by atoms with van der Waals surface area (Å²) in [5, 5.41) is 0. The molecule has 4 nitrogen and oxygen atoms in total. The van der Waals surface area contributed by atoms with Gasteiger partial charge in [-0.2, -0.15) is 0 Å². The molecule has 160 valence electrons. The number of ether oxygens (including phenoxy) is 4. The van der Waals surface area contributed by atoms with Gasteiger partial charge in [0.25, 0.3) is 0 Å². The summed E-state index contributed by atoms with van der Waals surface area (Å²) in [6.45, 7) is 4.15. The monoisotopic (exact) mass is 408 g/mol. The van der Waals surface area contributed by atoms with Crippen LogP contribution in [0.3, 0.4) is 0 Å². The minimum atomic E-state index is -0.884. The summed E-state index contributed by atoms with van der Waals surface area (Å²) in [5.41, 5.74) is 2.38. The molecular weight excluding hydrogens is 376 g/mol. The normalized spacial score (nSPS) is 39.3. The van der Waals surface area contributed by atoms with E-state index < -0.39 is 11.6 Å². The largest absolute Gasteiger partial charge is 0.340 e. The molecule has 3 aliphatic heterocycles. The standard InChI is InChI=1S/C26H32O4/c1-19-20(2)28-26(18-10-16-24(30-26)22-13-7-4-8-14-22)25(27-19)17-9-15-23(29-25)21-11-5-3-6-12-21/h3-8,11-14,19-20,23-24H,9-10,15-18H2,1-2H3/t19-,20-,23+,24+,25-,26-/m0/s1. The second-order valence-corrected chi connectivity index (χ2v) is 8.97. The lowest BCUT2D eigenvalue weighted by atomic mass is 9.84. The predicted molar refractivity (Wildman–Crippen MR) is 115 cm³/mol. The first-order valence-electron chi connectivity index (χ1n) is 11.4. The highest BCUT2D eigenvalue weighted by atomic mass is 16.8. The Morgan fingerprint density at radius 3 is 1.40 bits per heavy atom. The van der Waals surface area contributed by atoms with Gasteiger partial charge in [0.05, 0.1) is 24.4 Å². The summed E-state index contributed by atoms with van der Waals surface area (Å²) < 4.78 is 27.0. The number of hydrogen-bond acceptors (Lipinski definition) is 4. The van der Waals surface area contributed by atoms with Crippen LogP contribution in [-0.4, -0.2) is 23.8 Å². The number of hydrogen-bond donors (Lipinski definition) is 0. The molecule has 0 amide bonds. The van der Waals surface area contributed by atoms with Crippen molar-refractivity contribution in [3.63, 3.8) is 0 Å². The molecule has 3 heterocycles. The van der Waals surface area contributed by atoms with Gasteiger partial charge in [-0.1, -0.05) is 60.7 Å². The zero-order valence-electron chi connectivity index (χ0n) is 18.0. The second-order valence-electron chi connectivity index (χ2n) is 8.97. The molecule has 4 heteroatoms. The Morgan fingerprint density at radius 2 is 1.00 bits per heavy atom. The minimum absolute atomic E-state index is 0.0123. The Morgan fingerprint density at radius 1 is 0.600 bits per heavy atom. The van der Waals surface area contributed by atoms with Crippen molar-refractivity contribution in [1.29, 1.82) is 0 Å². The molecule has 0 N–H and O–H groups in total. The summed E-state index contributed by atoms with van der Waals surface area (Å²) in [6, 6.07) is 20.9. The fourth-order valence-corrected chi connectivity index (χ4v) is 5.25. The van der Waals surface area contributed by atoms with Gasteiger partial charge < -0.3 is 18.9 Å². The van der Waals surface area contributed by atoms with Gasteiger partial charge in [-0.15, -0.1) is 0 Å². The Labute approximate surface area is 179 Å². The van der Waals surface area contributed by atoms with Crippen molar-refractivity contribution >= 4 is 0 Å². The van der Waals surface area contributed by atoms with Crippen LogP contribution < -0.4 is 0 Å². The number of rotatable bonds is 2. The van der Waals surface area contributed by atoms with E-state index in [2.05, 4.69) is 62.4 Å². The first-order chi connectivity index (χ1) is 14.6. The molecular formula is C26H32O4. The molecule has 5 rings (SSSR count). The van der Waals surface area contributed by atoms with Crippen LogP contribution in [0.1, 0.15) is 75.7 Å². The topological polar surface area (TPSA) is 36.9 Å². The maximum absolute atomic E-state index is 6.82. The van der Waals surface area contributed by atoms with Crippen LogP contribution >= 0.6 is 0 Å². The Balaban J connectivity index is 1.50. The third kappa shape index (κ3) is 3.50. The smallest absolute Gasteiger partial charge is 0.224 e. The fourth-order valence-electron chi connectivity index (χ4n) is 5.25. The molecule has 0 radical (unpaired) electrons. The van der Waals surface area contributed by atoms with E-state index in [0.29, 0.717) is 0 Å². The predicted octanol–water partition coefficient (Wildman–Crippen LogP) is 6.09. The number of fused-ring (bicyclic) bond motifs is 1. The van der Waals surface area contributed by atoms with Gasteiger partial charge in [0, 0.05) is 12.8 Å². The van der Waals surface area contributed by atoms with Gasteiger partial charge in [-0.25, -0.2) is 0 Å². The van der Waals surface area contributed by atoms with Gasteiger partial charge in [-0.05, 0) is 50.7 Å². The molecule has 0 aromatic heterocycles. The van der Waals surface area contributed by atoms with Gasteiger partial charge in [0.1, 0.15) is 0 Å². The van der Waals surface area contributed by atoms with Gasteiger partial charge >= 0.3 is 0 Å². The maximum Gasteiger partial charge on any atom is 0.224 e. The summed E-state index contributed by atoms with van der Waals surface area (Å²) in [6.07, 6.45) is 5.45. The third-order valence-electron chi connectivity index (χ3n) is 6.95. The molecule has 0 unspecified atom stereocenters. The van der Waals surface area contributed by atoms with Crippen LogP contribution in [-0.2, 0) is 18.9 Å². The lowest BCUT2D eigenvalue weighted by Crippen LogP contribution is -2.69. The van der Waals surface area contributed by atoms with Crippen LogP contribution in [0.2, 0.25) is 0 Å². The molecule has 30 heavy (non-hydrogen) atoms. The third-order valence-corrected chi connectivity index (χ3v) is 6.95. The van der Waals surface area contributed by atoms with E-state index in [1.54, 1.807) is 0 Å². The highest BCUT2D eigenvalue weighted by Crippen LogP contribution is 2.55. The van der Waals surface area contributed by atoms with E-state index in [-0.39, 0.29) is 24.4 Å². The average molecular weight is 409 g/mol. The molecule has 2 aromatic carbocycles. The lowest BCUT2D eigenvalue weighted by Gasteiger charge is -2.59. The molecule has 3 aliphatic rings. The number of benzene rings is 2. The van der Waals surface area contributed by atoms with Crippen molar-refractivity contribution in [3.8, 4) is 0 Å². The van der Waals surface area contributed by atoms with Crippen molar-refractivity contribution in [2.24, 2.45) is 0 Å². The summed E-state index contributed by atoms with van der Waals surface area (Å²) in [7, 11) is 0. The van der Waals surface area contributed by atoms with E-state index in [4.69, 9.17) is 18.9 Å². The highest BCUT2D eigenvalue weighted by molar-refractivity contribution is 5.20. The first kappa shape index (κ1) is 20.2. The van der Waals surface area contributed by atoms with Crippen molar-refractivity contribution in [2.45, 2.75) is 88.4 Å². The second kappa shape index (κ2) is 8.08. The van der Waals surface area contributed by atoms with E-state index in [1.165, 1.54) is 11.1 Å². The van der Waals surface area contributed by atoms with Crippen LogP contribution in [0, 0.1) is 0 Å². The molecule has 3 saturated heterocycles. The highest BCUT2D eigenvalue weighted by Gasteiger charge is 2.64. The fraction of sp³-hybridized carbons (Fsp3) is 0.538. The molecule has 3 fully saturated rings. The SMILES string of the molecule is C[C@@H]1O[C@]2(CCC[C@H](c3ccccc3)O2)[C@@]2(CCC[C@H](c3ccccc3)O2)O[C@H]1C. The maximum atomic E-state index is 6.82. The van der Waals surface area contributed by atoms with Gasteiger partial charge in [0.15, 0.2) is 0 Å². The van der Waals surface area contributed by atoms with E-state index in [0.717, 1.165) is 38.5 Å². The molecule has 0 aliphatic carbocycles. The average Bonchev–Trinajstić information content (AvgIpc) is 2.79.